The molecule has 0 radical (unpaired) electrons. The molecule has 6 heteroatoms. The number of nitrogens with zero attached hydrogens (tertiary/aromatic N) is 2. The van der Waals surface area contributed by atoms with E-state index in [4.69, 9.17) is 27.9 Å². The lowest BCUT2D eigenvalue weighted by Gasteiger charge is -2.02. The average Bonchev–Trinajstić information content (AvgIpc) is 2.67. The summed E-state index contributed by atoms with van der Waals surface area (Å²) >= 11 is 11.9. The fraction of sp³-hybridized carbons (Fsp3) is 0.167. The maximum Gasteiger partial charge on any atom is 0.155 e. The summed E-state index contributed by atoms with van der Waals surface area (Å²) in [7, 11) is 1.53. The number of rotatable bonds is 4. The van der Waals surface area contributed by atoms with Gasteiger partial charge < -0.3 is 4.74 Å². The number of ether oxygens (including phenoxy) is 1. The molecule has 0 unspecified atom stereocenters. The molecule has 0 saturated carbocycles. The molecule has 2 aromatic rings. The van der Waals surface area contributed by atoms with Crippen molar-refractivity contribution < 1.29 is 9.53 Å². The molecule has 0 saturated heterocycles. The smallest absolute Gasteiger partial charge is 0.155 e. The Bertz CT molecular complexity index is 564. The zero-order chi connectivity index (χ0) is 13.1. The van der Waals surface area contributed by atoms with Crippen LogP contribution in [0.5, 0.6) is 0 Å². The number of carbonyl (C=O) groups excluding carboxylic acids is 1. The van der Waals surface area contributed by atoms with Crippen LogP contribution in [0.25, 0.3) is 5.69 Å². The van der Waals surface area contributed by atoms with Gasteiger partial charge >= 0.3 is 0 Å². The molecule has 4 nitrogen and oxygen atoms in total. The van der Waals surface area contributed by atoms with Crippen LogP contribution in [0.2, 0.25) is 10.2 Å². The minimum Gasteiger partial charge on any atom is -0.378 e. The third-order valence-corrected chi connectivity index (χ3v) is 3.03. The number of hydrogen-bond acceptors (Lipinski definition) is 3. The minimum absolute atomic E-state index is 0.231. The summed E-state index contributed by atoms with van der Waals surface area (Å²) in [5.41, 5.74) is 1.58. The van der Waals surface area contributed by atoms with E-state index in [1.807, 2.05) is 0 Å². The van der Waals surface area contributed by atoms with Crippen molar-refractivity contribution in [1.82, 2.24) is 9.78 Å². The summed E-state index contributed by atoms with van der Waals surface area (Å²) in [6, 6.07) is 7.00. The van der Waals surface area contributed by atoms with Crippen molar-refractivity contribution in [2.45, 2.75) is 6.61 Å². The van der Waals surface area contributed by atoms with Crippen molar-refractivity contribution in [3.8, 4) is 5.69 Å². The van der Waals surface area contributed by atoms with Crippen LogP contribution in [0.4, 0.5) is 0 Å². The molecule has 0 aliphatic rings. The lowest BCUT2D eigenvalue weighted by Crippen LogP contribution is -1.97. The van der Waals surface area contributed by atoms with E-state index in [-0.39, 0.29) is 11.8 Å². The van der Waals surface area contributed by atoms with Crippen LogP contribution in [0.15, 0.2) is 24.3 Å². The van der Waals surface area contributed by atoms with Gasteiger partial charge in [0, 0.05) is 12.1 Å². The van der Waals surface area contributed by atoms with E-state index in [0.29, 0.717) is 22.6 Å². The summed E-state index contributed by atoms with van der Waals surface area (Å²) in [6.45, 7) is 0.231. The first-order valence-corrected chi connectivity index (χ1v) is 5.90. The fourth-order valence-electron chi connectivity index (χ4n) is 1.56. The number of carbonyl (C=O) groups is 1. The molecule has 1 aromatic carbocycles. The summed E-state index contributed by atoms with van der Waals surface area (Å²) in [5, 5.41) is 5.14. The first-order chi connectivity index (χ1) is 8.67. The number of aromatic nitrogens is 2. The molecule has 0 bridgehead atoms. The summed E-state index contributed by atoms with van der Waals surface area (Å²) in [5.74, 6) is 0. The van der Waals surface area contributed by atoms with Gasteiger partial charge in [0.2, 0.25) is 0 Å². The van der Waals surface area contributed by atoms with E-state index in [2.05, 4.69) is 5.10 Å². The average molecular weight is 285 g/mol. The summed E-state index contributed by atoms with van der Waals surface area (Å²) in [4.78, 5) is 11.0. The molecule has 0 amide bonds. The first-order valence-electron chi connectivity index (χ1n) is 5.15. The van der Waals surface area contributed by atoms with Crippen LogP contribution in [-0.2, 0) is 11.3 Å². The Morgan fingerprint density at radius 1 is 1.33 bits per heavy atom. The SMILES string of the molecule is COCc1nn(-c2ccc(Cl)cc2)c(Cl)c1C=O. The van der Waals surface area contributed by atoms with Crippen molar-refractivity contribution in [3.05, 3.63) is 45.7 Å². The Kier molecular flexibility index (Phi) is 4.01. The molecule has 2 rings (SSSR count). The minimum atomic E-state index is 0.231. The molecule has 0 spiro atoms. The largest absolute Gasteiger partial charge is 0.378 e. The highest BCUT2D eigenvalue weighted by molar-refractivity contribution is 6.32. The van der Waals surface area contributed by atoms with E-state index < -0.39 is 0 Å². The summed E-state index contributed by atoms with van der Waals surface area (Å²) in [6.07, 6.45) is 0.677. The molecule has 1 heterocycles. The number of aldehydes is 1. The molecule has 0 fully saturated rings. The van der Waals surface area contributed by atoms with Gasteiger partial charge in [-0.1, -0.05) is 23.2 Å². The van der Waals surface area contributed by atoms with Crippen LogP contribution in [0, 0.1) is 0 Å². The monoisotopic (exact) mass is 284 g/mol. The second-order valence-electron chi connectivity index (χ2n) is 3.59. The van der Waals surface area contributed by atoms with E-state index in [9.17, 15) is 4.79 Å². The molecular weight excluding hydrogens is 275 g/mol. The normalized spacial score (nSPS) is 10.6. The number of methoxy groups -OCH3 is 1. The standard InChI is InChI=1S/C12H10Cl2N2O2/c1-18-7-11-10(6-17)12(14)16(15-11)9-4-2-8(13)3-5-9/h2-6H,7H2,1H3. The third-order valence-electron chi connectivity index (χ3n) is 2.41. The second kappa shape index (κ2) is 5.52. The third kappa shape index (κ3) is 2.41. The van der Waals surface area contributed by atoms with E-state index >= 15 is 0 Å². The van der Waals surface area contributed by atoms with Crippen molar-refractivity contribution in [1.29, 1.82) is 0 Å². The number of hydrogen-bond donors (Lipinski definition) is 0. The van der Waals surface area contributed by atoms with Crippen LogP contribution in [0.3, 0.4) is 0 Å². The van der Waals surface area contributed by atoms with Crippen molar-refractivity contribution in [3.63, 3.8) is 0 Å². The number of halogens is 2. The lowest BCUT2D eigenvalue weighted by molar-refractivity contribution is 0.111. The molecule has 0 atom stereocenters. The lowest BCUT2D eigenvalue weighted by atomic mass is 10.3. The zero-order valence-electron chi connectivity index (χ0n) is 9.56. The van der Waals surface area contributed by atoms with Crippen molar-refractivity contribution >= 4 is 29.5 Å². The van der Waals surface area contributed by atoms with Crippen LogP contribution >= 0.6 is 23.2 Å². The van der Waals surface area contributed by atoms with Gasteiger partial charge in [0.25, 0.3) is 0 Å². The highest BCUT2D eigenvalue weighted by atomic mass is 35.5. The van der Waals surface area contributed by atoms with Gasteiger partial charge in [-0.3, -0.25) is 4.79 Å². The zero-order valence-corrected chi connectivity index (χ0v) is 11.1. The predicted octanol–water partition coefficient (Wildman–Crippen LogP) is 3.14. The molecule has 94 valence electrons. The van der Waals surface area contributed by atoms with Gasteiger partial charge in [-0.15, -0.1) is 0 Å². The molecular formula is C12H10Cl2N2O2. The Labute approximate surface area is 114 Å². The van der Waals surface area contributed by atoms with E-state index in [1.54, 1.807) is 24.3 Å². The van der Waals surface area contributed by atoms with Gasteiger partial charge in [0.15, 0.2) is 6.29 Å². The number of benzene rings is 1. The predicted molar refractivity (Wildman–Crippen MR) is 69.7 cm³/mol. The fourth-order valence-corrected chi connectivity index (χ4v) is 1.98. The molecule has 0 N–H and O–H groups in total. The highest BCUT2D eigenvalue weighted by Crippen LogP contribution is 2.23. The van der Waals surface area contributed by atoms with Gasteiger partial charge in [0.1, 0.15) is 10.8 Å². The van der Waals surface area contributed by atoms with Crippen LogP contribution in [-0.4, -0.2) is 23.2 Å². The molecule has 1 aromatic heterocycles. The Hall–Kier alpha value is -1.36. The molecule has 0 aliphatic carbocycles. The van der Waals surface area contributed by atoms with Gasteiger partial charge in [-0.2, -0.15) is 5.10 Å². The van der Waals surface area contributed by atoms with Gasteiger partial charge in [-0.25, -0.2) is 4.68 Å². The Balaban J connectivity index is 2.51. The van der Waals surface area contributed by atoms with Crippen LogP contribution < -0.4 is 0 Å². The maximum absolute atomic E-state index is 11.0. The topological polar surface area (TPSA) is 44.1 Å². The quantitative estimate of drug-likeness (QED) is 0.811. The summed E-state index contributed by atoms with van der Waals surface area (Å²) < 4.78 is 6.46. The van der Waals surface area contributed by atoms with E-state index in [1.165, 1.54) is 11.8 Å². The Morgan fingerprint density at radius 3 is 2.56 bits per heavy atom. The molecule has 0 aliphatic heterocycles. The van der Waals surface area contributed by atoms with Crippen LogP contribution in [0.1, 0.15) is 16.1 Å². The highest BCUT2D eigenvalue weighted by Gasteiger charge is 2.16. The van der Waals surface area contributed by atoms with E-state index in [0.717, 1.165) is 5.69 Å². The second-order valence-corrected chi connectivity index (χ2v) is 4.38. The van der Waals surface area contributed by atoms with Crippen molar-refractivity contribution in [2.24, 2.45) is 0 Å². The Morgan fingerprint density at radius 2 is 2.00 bits per heavy atom. The van der Waals surface area contributed by atoms with Crippen molar-refractivity contribution in [2.75, 3.05) is 7.11 Å². The maximum atomic E-state index is 11.0. The van der Waals surface area contributed by atoms with Gasteiger partial charge in [-0.05, 0) is 24.3 Å². The van der Waals surface area contributed by atoms with Gasteiger partial charge in [0.05, 0.1) is 17.9 Å². The molecule has 18 heavy (non-hydrogen) atoms. The first kappa shape index (κ1) is 13.1.